The average Bonchev–Trinajstić information content (AvgIpc) is 3.43. The Bertz CT molecular complexity index is 1000. The van der Waals surface area contributed by atoms with Crippen molar-refractivity contribution in [3.63, 3.8) is 0 Å². The van der Waals surface area contributed by atoms with Crippen LogP contribution in [0.2, 0.25) is 0 Å². The van der Waals surface area contributed by atoms with Gasteiger partial charge in [-0.3, -0.25) is 4.79 Å². The van der Waals surface area contributed by atoms with Crippen LogP contribution in [0, 0.1) is 0 Å². The smallest absolute Gasteiger partial charge is 0.265 e. The summed E-state index contributed by atoms with van der Waals surface area (Å²) in [5.41, 5.74) is 0. The highest BCUT2D eigenvalue weighted by Crippen LogP contribution is 2.30. The number of carbonyl (C=O) groups excluding carboxylic acids is 1. The Kier molecular flexibility index (Phi) is 5.42. The molecule has 4 heterocycles. The number of hydrogen-bond acceptors (Lipinski definition) is 7. The maximum absolute atomic E-state index is 12.7. The van der Waals surface area contributed by atoms with Gasteiger partial charge in [0.15, 0.2) is 0 Å². The first kappa shape index (κ1) is 18.8. The Hall–Kier alpha value is -1.59. The standard InChI is InChI=1S/C17H17N3O3S4/c21-17(14-11-18-16(26-14)13-3-1-9-24-13)20-7-5-12(6-8-20)19-27(22,23)15-4-2-10-25-15/h1-4,9-12,19H,5-8H2. The predicted molar refractivity (Wildman–Crippen MR) is 109 cm³/mol. The maximum atomic E-state index is 12.7. The summed E-state index contributed by atoms with van der Waals surface area (Å²) in [7, 11) is -3.47. The Balaban J connectivity index is 1.36. The molecule has 3 aromatic rings. The lowest BCUT2D eigenvalue weighted by Gasteiger charge is -2.31. The summed E-state index contributed by atoms with van der Waals surface area (Å²) in [6.07, 6.45) is 2.84. The number of rotatable bonds is 5. The van der Waals surface area contributed by atoms with Crippen LogP contribution in [-0.4, -0.2) is 43.3 Å². The second-order valence-electron chi connectivity index (χ2n) is 6.13. The van der Waals surface area contributed by atoms with Crippen molar-refractivity contribution in [2.75, 3.05) is 13.1 Å². The molecular formula is C17H17N3O3S4. The van der Waals surface area contributed by atoms with E-state index in [0.717, 1.165) is 9.88 Å². The van der Waals surface area contributed by atoms with Gasteiger partial charge in [0.1, 0.15) is 14.1 Å². The van der Waals surface area contributed by atoms with Gasteiger partial charge < -0.3 is 4.90 Å². The van der Waals surface area contributed by atoms with E-state index in [-0.39, 0.29) is 11.9 Å². The Morgan fingerprint density at radius 3 is 2.56 bits per heavy atom. The lowest BCUT2D eigenvalue weighted by atomic mass is 10.1. The fourth-order valence-corrected chi connectivity index (χ4v) is 6.94. The monoisotopic (exact) mass is 439 g/mol. The van der Waals surface area contributed by atoms with Gasteiger partial charge in [-0.2, -0.15) is 0 Å². The van der Waals surface area contributed by atoms with E-state index in [2.05, 4.69) is 9.71 Å². The largest absolute Gasteiger partial charge is 0.338 e. The summed E-state index contributed by atoms with van der Waals surface area (Å²) in [5, 5.41) is 4.59. The molecule has 0 aromatic carbocycles. The molecule has 1 amide bonds. The van der Waals surface area contributed by atoms with Crippen molar-refractivity contribution in [1.29, 1.82) is 0 Å². The predicted octanol–water partition coefficient (Wildman–Crippen LogP) is 3.52. The lowest BCUT2D eigenvalue weighted by molar-refractivity contribution is 0.0716. The molecule has 0 atom stereocenters. The van der Waals surface area contributed by atoms with Gasteiger partial charge in [0.25, 0.3) is 5.91 Å². The number of hydrogen-bond donors (Lipinski definition) is 1. The topological polar surface area (TPSA) is 79.4 Å². The van der Waals surface area contributed by atoms with Crippen molar-refractivity contribution in [1.82, 2.24) is 14.6 Å². The van der Waals surface area contributed by atoms with E-state index in [1.54, 1.807) is 39.9 Å². The minimum absolute atomic E-state index is 0.0325. The molecule has 10 heteroatoms. The number of amides is 1. The molecule has 27 heavy (non-hydrogen) atoms. The van der Waals surface area contributed by atoms with Crippen LogP contribution in [0.15, 0.2) is 45.4 Å². The summed E-state index contributed by atoms with van der Waals surface area (Å²) in [4.78, 5) is 20.5. The highest BCUT2D eigenvalue weighted by Gasteiger charge is 2.28. The van der Waals surface area contributed by atoms with E-state index >= 15 is 0 Å². The minimum atomic E-state index is -3.47. The quantitative estimate of drug-likeness (QED) is 0.660. The molecule has 1 fully saturated rings. The van der Waals surface area contributed by atoms with Crippen molar-refractivity contribution in [3.05, 3.63) is 46.1 Å². The molecule has 0 saturated carbocycles. The molecule has 0 aliphatic carbocycles. The number of sulfonamides is 1. The van der Waals surface area contributed by atoms with Crippen LogP contribution in [0.25, 0.3) is 9.88 Å². The van der Waals surface area contributed by atoms with Crippen LogP contribution in [0.1, 0.15) is 22.5 Å². The molecular weight excluding hydrogens is 422 g/mol. The summed E-state index contributed by atoms with van der Waals surface area (Å²) >= 11 is 4.20. The number of aromatic nitrogens is 1. The zero-order chi connectivity index (χ0) is 18.9. The van der Waals surface area contributed by atoms with Gasteiger partial charge in [-0.15, -0.1) is 34.0 Å². The Morgan fingerprint density at radius 1 is 1.15 bits per heavy atom. The molecule has 1 saturated heterocycles. The molecule has 1 aliphatic rings. The second-order valence-corrected chi connectivity index (χ2v) is 11.0. The number of thiophene rings is 2. The minimum Gasteiger partial charge on any atom is -0.338 e. The number of nitrogens with zero attached hydrogens (tertiary/aromatic N) is 2. The third-order valence-corrected chi connectivity index (χ3v) is 9.25. The Labute approximate surface area is 169 Å². The molecule has 142 valence electrons. The lowest BCUT2D eigenvalue weighted by Crippen LogP contribution is -2.46. The van der Waals surface area contributed by atoms with Crippen molar-refractivity contribution in [2.45, 2.75) is 23.1 Å². The van der Waals surface area contributed by atoms with Crippen LogP contribution in [0.3, 0.4) is 0 Å². The van der Waals surface area contributed by atoms with Gasteiger partial charge >= 0.3 is 0 Å². The van der Waals surface area contributed by atoms with Gasteiger partial charge in [-0.25, -0.2) is 18.1 Å². The van der Waals surface area contributed by atoms with E-state index in [1.165, 1.54) is 22.7 Å². The first-order valence-electron chi connectivity index (χ1n) is 8.38. The van der Waals surface area contributed by atoms with Gasteiger partial charge in [0, 0.05) is 19.1 Å². The SMILES string of the molecule is O=C(c1cnc(-c2cccs2)s1)N1CCC(NS(=O)(=O)c2cccs2)CC1. The number of likely N-dealkylation sites (tertiary alicyclic amines) is 1. The van der Waals surface area contributed by atoms with E-state index in [4.69, 9.17) is 0 Å². The molecule has 4 rings (SSSR count). The van der Waals surface area contributed by atoms with E-state index < -0.39 is 10.0 Å². The highest BCUT2D eigenvalue weighted by atomic mass is 32.2. The number of carbonyl (C=O) groups is 1. The summed E-state index contributed by atoms with van der Waals surface area (Å²) in [5.74, 6) is -0.0325. The van der Waals surface area contributed by atoms with Crippen LogP contribution in [-0.2, 0) is 10.0 Å². The number of thiazole rings is 1. The zero-order valence-electron chi connectivity index (χ0n) is 14.2. The van der Waals surface area contributed by atoms with Crippen LogP contribution < -0.4 is 4.72 Å². The maximum Gasteiger partial charge on any atom is 0.265 e. The van der Waals surface area contributed by atoms with Crippen molar-refractivity contribution in [2.24, 2.45) is 0 Å². The van der Waals surface area contributed by atoms with Crippen molar-refractivity contribution in [3.8, 4) is 9.88 Å². The second kappa shape index (κ2) is 7.80. The molecule has 3 aromatic heterocycles. The normalized spacial score (nSPS) is 15.9. The van der Waals surface area contributed by atoms with Crippen LogP contribution in [0.5, 0.6) is 0 Å². The fraction of sp³-hybridized carbons (Fsp3) is 0.294. The zero-order valence-corrected chi connectivity index (χ0v) is 17.5. The van der Waals surface area contributed by atoms with Gasteiger partial charge in [0.05, 0.1) is 11.1 Å². The third-order valence-electron chi connectivity index (χ3n) is 4.31. The first-order chi connectivity index (χ1) is 13.0. The third kappa shape index (κ3) is 4.14. The van der Waals surface area contributed by atoms with Gasteiger partial charge in [-0.1, -0.05) is 12.1 Å². The van der Waals surface area contributed by atoms with Crippen molar-refractivity contribution < 1.29 is 13.2 Å². The van der Waals surface area contributed by atoms with E-state index in [9.17, 15) is 13.2 Å². The first-order valence-corrected chi connectivity index (χ1v) is 12.4. The average molecular weight is 440 g/mol. The number of nitrogens with one attached hydrogen (secondary N) is 1. The summed E-state index contributed by atoms with van der Waals surface area (Å²) < 4.78 is 27.7. The van der Waals surface area contributed by atoms with Gasteiger partial charge in [-0.05, 0) is 35.7 Å². The Morgan fingerprint density at radius 2 is 1.89 bits per heavy atom. The number of piperidine rings is 1. The molecule has 0 spiro atoms. The van der Waals surface area contributed by atoms with Crippen molar-refractivity contribution >= 4 is 49.9 Å². The molecule has 0 radical (unpaired) electrons. The van der Waals surface area contributed by atoms with E-state index in [0.29, 0.717) is 35.0 Å². The summed E-state index contributed by atoms with van der Waals surface area (Å²) in [6, 6.07) is 7.12. The fourth-order valence-electron chi connectivity index (χ4n) is 2.94. The van der Waals surface area contributed by atoms with Crippen LogP contribution in [0.4, 0.5) is 0 Å². The highest BCUT2D eigenvalue weighted by molar-refractivity contribution is 7.91. The molecule has 1 aliphatic heterocycles. The molecule has 1 N–H and O–H groups in total. The molecule has 0 unspecified atom stereocenters. The molecule has 6 nitrogen and oxygen atoms in total. The van der Waals surface area contributed by atoms with E-state index in [1.807, 2.05) is 17.5 Å². The van der Waals surface area contributed by atoms with Gasteiger partial charge in [0.2, 0.25) is 10.0 Å². The molecule has 0 bridgehead atoms. The summed E-state index contributed by atoms with van der Waals surface area (Å²) in [6.45, 7) is 1.06. The van der Waals surface area contributed by atoms with Crippen LogP contribution >= 0.6 is 34.0 Å².